The minimum absolute atomic E-state index is 0.0624. The quantitative estimate of drug-likeness (QED) is 0.561. The van der Waals surface area contributed by atoms with E-state index >= 15 is 0 Å². The van der Waals surface area contributed by atoms with Crippen molar-refractivity contribution in [2.75, 3.05) is 18.1 Å². The molecule has 0 unspecified atom stereocenters. The summed E-state index contributed by atoms with van der Waals surface area (Å²) in [5, 5.41) is 4.42. The Morgan fingerprint density at radius 1 is 1.06 bits per heavy atom. The van der Waals surface area contributed by atoms with E-state index in [0.717, 1.165) is 10.7 Å². The third-order valence-corrected chi connectivity index (χ3v) is 7.15. The molecule has 0 saturated heterocycles. The average Bonchev–Trinajstić information content (AvgIpc) is 3.43. The molecule has 0 fully saturated rings. The Morgan fingerprint density at radius 3 is 2.44 bits per heavy atom. The normalized spacial score (nSPS) is 16.6. The second-order valence-electron chi connectivity index (χ2n) is 7.19. The van der Waals surface area contributed by atoms with Gasteiger partial charge in [-0.25, -0.2) is 8.42 Å². The SMILES string of the molecule is COc1ccc(S(=O)(=O)N2N=C(c3cccc(NS(C)(=O)=O)c3)C[C@H]2c2ccco2)cc1. The molecule has 0 radical (unpaired) electrons. The summed E-state index contributed by atoms with van der Waals surface area (Å²) >= 11 is 0. The van der Waals surface area contributed by atoms with Crippen molar-refractivity contribution in [3.8, 4) is 5.75 Å². The Morgan fingerprint density at radius 2 is 1.81 bits per heavy atom. The van der Waals surface area contributed by atoms with Crippen LogP contribution in [-0.2, 0) is 20.0 Å². The van der Waals surface area contributed by atoms with E-state index in [2.05, 4.69) is 9.82 Å². The van der Waals surface area contributed by atoms with E-state index in [0.29, 0.717) is 28.5 Å². The van der Waals surface area contributed by atoms with Crippen LogP contribution in [0.3, 0.4) is 0 Å². The highest BCUT2D eigenvalue weighted by Crippen LogP contribution is 2.37. The molecule has 4 rings (SSSR count). The smallest absolute Gasteiger partial charge is 0.279 e. The van der Waals surface area contributed by atoms with E-state index in [9.17, 15) is 16.8 Å². The van der Waals surface area contributed by atoms with Gasteiger partial charge in [0.25, 0.3) is 10.0 Å². The highest BCUT2D eigenvalue weighted by molar-refractivity contribution is 7.92. The molecule has 32 heavy (non-hydrogen) atoms. The number of hydrazone groups is 1. The first kappa shape index (κ1) is 21.9. The Balaban J connectivity index is 1.74. The number of nitrogens with one attached hydrogen (secondary N) is 1. The van der Waals surface area contributed by atoms with Crippen LogP contribution < -0.4 is 9.46 Å². The lowest BCUT2D eigenvalue weighted by Crippen LogP contribution is -2.27. The number of hydrogen-bond acceptors (Lipinski definition) is 7. The maximum atomic E-state index is 13.4. The molecule has 1 atom stereocenters. The zero-order chi connectivity index (χ0) is 22.9. The fraction of sp³-hybridized carbons (Fsp3) is 0.190. The third kappa shape index (κ3) is 4.48. The zero-order valence-electron chi connectivity index (χ0n) is 17.3. The molecule has 0 saturated carbocycles. The summed E-state index contributed by atoms with van der Waals surface area (Å²) in [5.74, 6) is 0.985. The molecule has 1 aliphatic rings. The Hall–Kier alpha value is -3.31. The van der Waals surface area contributed by atoms with Gasteiger partial charge in [0, 0.05) is 12.1 Å². The van der Waals surface area contributed by atoms with Gasteiger partial charge in [0.2, 0.25) is 10.0 Å². The molecule has 1 aliphatic heterocycles. The fourth-order valence-corrected chi connectivity index (χ4v) is 5.38. The lowest BCUT2D eigenvalue weighted by Gasteiger charge is -2.21. The van der Waals surface area contributed by atoms with E-state index < -0.39 is 26.1 Å². The average molecular weight is 476 g/mol. The van der Waals surface area contributed by atoms with Gasteiger partial charge in [-0.1, -0.05) is 12.1 Å². The van der Waals surface area contributed by atoms with Gasteiger partial charge in [0.1, 0.15) is 17.6 Å². The summed E-state index contributed by atoms with van der Waals surface area (Å²) in [6, 6.07) is 15.4. The number of anilines is 1. The van der Waals surface area contributed by atoms with Gasteiger partial charge in [-0.15, -0.1) is 0 Å². The molecule has 2 aromatic carbocycles. The van der Waals surface area contributed by atoms with Gasteiger partial charge < -0.3 is 9.15 Å². The predicted molar refractivity (Wildman–Crippen MR) is 120 cm³/mol. The Bertz CT molecular complexity index is 1350. The molecule has 0 aliphatic carbocycles. The van der Waals surface area contributed by atoms with Gasteiger partial charge in [-0.2, -0.15) is 17.9 Å². The predicted octanol–water partition coefficient (Wildman–Crippen LogP) is 3.20. The van der Waals surface area contributed by atoms with Gasteiger partial charge in [-0.3, -0.25) is 4.72 Å². The van der Waals surface area contributed by atoms with Crippen LogP contribution in [0.5, 0.6) is 5.75 Å². The molecular weight excluding hydrogens is 454 g/mol. The lowest BCUT2D eigenvalue weighted by atomic mass is 10.0. The van der Waals surface area contributed by atoms with Gasteiger partial charge in [0.05, 0.1) is 30.2 Å². The van der Waals surface area contributed by atoms with Crippen molar-refractivity contribution in [1.29, 1.82) is 0 Å². The summed E-state index contributed by atoms with van der Waals surface area (Å²) in [6.07, 6.45) is 2.79. The second-order valence-corrected chi connectivity index (χ2v) is 10.7. The van der Waals surface area contributed by atoms with Crippen LogP contribution in [0.15, 0.2) is 81.3 Å². The van der Waals surface area contributed by atoms with E-state index in [4.69, 9.17) is 9.15 Å². The summed E-state index contributed by atoms with van der Waals surface area (Å²) < 4.78 is 64.0. The number of ether oxygens (including phenoxy) is 1. The molecule has 9 nitrogen and oxygen atoms in total. The minimum atomic E-state index is -4.00. The summed E-state index contributed by atoms with van der Waals surface area (Å²) in [5.41, 5.74) is 1.45. The van der Waals surface area contributed by atoms with Crippen LogP contribution in [0.25, 0.3) is 0 Å². The molecule has 1 N–H and O–H groups in total. The first-order chi connectivity index (χ1) is 15.2. The van der Waals surface area contributed by atoms with Crippen molar-refractivity contribution in [2.45, 2.75) is 17.4 Å². The van der Waals surface area contributed by atoms with Gasteiger partial charge >= 0.3 is 0 Å². The maximum Gasteiger partial charge on any atom is 0.279 e. The van der Waals surface area contributed by atoms with Crippen molar-refractivity contribution >= 4 is 31.4 Å². The summed E-state index contributed by atoms with van der Waals surface area (Å²) in [7, 11) is -5.96. The number of nitrogens with zero attached hydrogens (tertiary/aromatic N) is 2. The van der Waals surface area contributed by atoms with Gasteiger partial charge in [0.15, 0.2) is 0 Å². The summed E-state index contributed by atoms with van der Waals surface area (Å²) in [6.45, 7) is 0. The maximum absolute atomic E-state index is 13.4. The van der Waals surface area contributed by atoms with Crippen LogP contribution in [0.4, 0.5) is 5.69 Å². The van der Waals surface area contributed by atoms with E-state index in [-0.39, 0.29) is 11.3 Å². The molecule has 0 bridgehead atoms. The van der Waals surface area contributed by atoms with Crippen LogP contribution in [0, 0.1) is 0 Å². The number of methoxy groups -OCH3 is 1. The standard InChI is InChI=1S/C21H21N3O6S2/c1-29-17-8-10-18(11-9-17)32(27,28)24-20(21-7-4-12-30-21)14-19(22-24)15-5-3-6-16(13-15)23-31(2,25)26/h3-13,20,23H,14H2,1-2H3/t20-/m0/s1. The van der Waals surface area contributed by atoms with Crippen LogP contribution >= 0.6 is 0 Å². The molecule has 168 valence electrons. The largest absolute Gasteiger partial charge is 0.497 e. The first-order valence-electron chi connectivity index (χ1n) is 9.55. The molecule has 1 aromatic heterocycles. The lowest BCUT2D eigenvalue weighted by molar-refractivity contribution is 0.320. The molecular formula is C21H21N3O6S2. The fourth-order valence-electron chi connectivity index (χ4n) is 3.41. The van der Waals surface area contributed by atoms with Crippen molar-refractivity contribution in [1.82, 2.24) is 4.41 Å². The van der Waals surface area contributed by atoms with Gasteiger partial charge in [-0.05, 0) is 54.1 Å². The van der Waals surface area contributed by atoms with E-state index in [1.54, 1.807) is 48.5 Å². The molecule has 11 heteroatoms. The topological polar surface area (TPSA) is 118 Å². The minimum Gasteiger partial charge on any atom is -0.497 e. The van der Waals surface area contributed by atoms with Crippen molar-refractivity contribution in [2.24, 2.45) is 5.10 Å². The first-order valence-corrected chi connectivity index (χ1v) is 12.9. The second kappa shape index (κ2) is 8.32. The molecule has 0 amide bonds. The monoisotopic (exact) mass is 475 g/mol. The van der Waals surface area contributed by atoms with E-state index in [1.165, 1.54) is 25.5 Å². The molecule has 2 heterocycles. The Kier molecular flexibility index (Phi) is 5.70. The summed E-state index contributed by atoms with van der Waals surface area (Å²) in [4.78, 5) is 0.0624. The highest BCUT2D eigenvalue weighted by atomic mass is 32.2. The Labute approximate surface area is 186 Å². The highest BCUT2D eigenvalue weighted by Gasteiger charge is 2.39. The van der Waals surface area contributed by atoms with Crippen molar-refractivity contribution in [3.63, 3.8) is 0 Å². The van der Waals surface area contributed by atoms with Crippen molar-refractivity contribution < 1.29 is 26.0 Å². The van der Waals surface area contributed by atoms with Crippen molar-refractivity contribution in [3.05, 3.63) is 78.3 Å². The molecule has 0 spiro atoms. The zero-order valence-corrected chi connectivity index (χ0v) is 18.9. The number of rotatable bonds is 7. The number of furan rings is 1. The number of hydrogen-bond donors (Lipinski definition) is 1. The van der Waals surface area contributed by atoms with E-state index in [1.807, 2.05) is 0 Å². The van der Waals surface area contributed by atoms with Crippen LogP contribution in [-0.4, -0.2) is 40.3 Å². The van der Waals surface area contributed by atoms with Crippen LogP contribution in [0.1, 0.15) is 23.8 Å². The third-order valence-electron chi connectivity index (χ3n) is 4.85. The van der Waals surface area contributed by atoms with Crippen LogP contribution in [0.2, 0.25) is 0 Å². The number of sulfonamides is 2. The number of benzene rings is 2. The molecule has 3 aromatic rings.